The van der Waals surface area contributed by atoms with Crippen molar-refractivity contribution < 1.29 is 4.74 Å². The highest BCUT2D eigenvalue weighted by molar-refractivity contribution is 5.43. The van der Waals surface area contributed by atoms with Crippen molar-refractivity contribution in [2.24, 2.45) is 0 Å². The molecular formula is C17H29N3O. The predicted octanol–water partition coefficient (Wildman–Crippen LogP) is 2.45. The quantitative estimate of drug-likeness (QED) is 0.646. The van der Waals surface area contributed by atoms with Crippen LogP contribution in [0.4, 0.5) is 5.69 Å². The third-order valence-corrected chi connectivity index (χ3v) is 4.21. The maximum Gasteiger partial charge on any atom is 0.121 e. The number of rotatable bonds is 6. The highest BCUT2D eigenvalue weighted by Crippen LogP contribution is 2.15. The van der Waals surface area contributed by atoms with Crippen LogP contribution in [0, 0.1) is 0 Å². The van der Waals surface area contributed by atoms with Crippen molar-refractivity contribution in [3.63, 3.8) is 0 Å². The first kappa shape index (κ1) is 16.1. The third kappa shape index (κ3) is 5.21. The van der Waals surface area contributed by atoms with E-state index in [2.05, 4.69) is 23.8 Å². The molecule has 0 aromatic heterocycles. The average molecular weight is 291 g/mol. The summed E-state index contributed by atoms with van der Waals surface area (Å²) in [4.78, 5) is 5.09. The van der Waals surface area contributed by atoms with E-state index in [9.17, 15) is 0 Å². The number of hydrogen-bond acceptors (Lipinski definition) is 4. The molecule has 21 heavy (non-hydrogen) atoms. The Morgan fingerprint density at radius 2 is 2.19 bits per heavy atom. The van der Waals surface area contributed by atoms with Gasteiger partial charge in [0.25, 0.3) is 0 Å². The Bertz CT molecular complexity index is 424. The maximum atomic E-state index is 5.78. The SMILES string of the molecule is CCC1CN(C)CCCN1CCCOc1cccc(N)c1. The Kier molecular flexibility index (Phi) is 6.33. The van der Waals surface area contributed by atoms with Gasteiger partial charge in [-0.05, 0) is 51.5 Å². The van der Waals surface area contributed by atoms with Crippen molar-refractivity contribution in [2.75, 3.05) is 45.6 Å². The second kappa shape index (κ2) is 8.25. The van der Waals surface area contributed by atoms with E-state index in [1.54, 1.807) is 0 Å². The topological polar surface area (TPSA) is 41.7 Å². The zero-order chi connectivity index (χ0) is 15.1. The van der Waals surface area contributed by atoms with Gasteiger partial charge in [0.2, 0.25) is 0 Å². The Hall–Kier alpha value is -1.26. The number of anilines is 1. The predicted molar refractivity (Wildman–Crippen MR) is 88.7 cm³/mol. The number of benzene rings is 1. The van der Waals surface area contributed by atoms with Crippen molar-refractivity contribution in [1.82, 2.24) is 9.80 Å². The van der Waals surface area contributed by atoms with Gasteiger partial charge in [0.15, 0.2) is 0 Å². The normalized spacial score (nSPS) is 21.1. The van der Waals surface area contributed by atoms with E-state index >= 15 is 0 Å². The molecular weight excluding hydrogens is 262 g/mol. The third-order valence-electron chi connectivity index (χ3n) is 4.21. The molecule has 0 aliphatic carbocycles. The van der Waals surface area contributed by atoms with E-state index < -0.39 is 0 Å². The van der Waals surface area contributed by atoms with Crippen LogP contribution in [-0.4, -0.2) is 55.7 Å². The fourth-order valence-corrected chi connectivity index (χ4v) is 3.04. The molecule has 2 rings (SSSR count). The van der Waals surface area contributed by atoms with E-state index in [1.807, 2.05) is 24.3 Å². The molecule has 2 N–H and O–H groups in total. The first-order chi connectivity index (χ1) is 10.2. The van der Waals surface area contributed by atoms with Crippen LogP contribution in [0.1, 0.15) is 26.2 Å². The molecule has 0 bridgehead atoms. The van der Waals surface area contributed by atoms with Crippen molar-refractivity contribution in [1.29, 1.82) is 0 Å². The smallest absolute Gasteiger partial charge is 0.121 e. The van der Waals surface area contributed by atoms with Crippen LogP contribution >= 0.6 is 0 Å². The standard InChI is InChI=1S/C17H29N3O/c1-3-16-14-19(2)9-5-10-20(16)11-6-12-21-17-8-4-7-15(18)13-17/h4,7-8,13,16H,3,5-6,9-12,14,18H2,1-2H3. The molecule has 1 aliphatic heterocycles. The van der Waals surface area contributed by atoms with Crippen LogP contribution in [0.5, 0.6) is 5.75 Å². The highest BCUT2D eigenvalue weighted by Gasteiger charge is 2.21. The molecule has 1 atom stereocenters. The van der Waals surface area contributed by atoms with Crippen molar-refractivity contribution in [3.05, 3.63) is 24.3 Å². The van der Waals surface area contributed by atoms with Gasteiger partial charge in [0, 0.05) is 30.9 Å². The zero-order valence-corrected chi connectivity index (χ0v) is 13.4. The summed E-state index contributed by atoms with van der Waals surface area (Å²) in [5, 5.41) is 0. The number of nitrogens with two attached hydrogens (primary N) is 1. The first-order valence-electron chi connectivity index (χ1n) is 8.10. The lowest BCUT2D eigenvalue weighted by Crippen LogP contribution is -2.40. The number of nitrogens with zero attached hydrogens (tertiary/aromatic N) is 2. The van der Waals surface area contributed by atoms with Crippen LogP contribution in [0.3, 0.4) is 0 Å². The van der Waals surface area contributed by atoms with Gasteiger partial charge in [-0.2, -0.15) is 0 Å². The molecule has 0 spiro atoms. The molecule has 1 fully saturated rings. The summed E-state index contributed by atoms with van der Waals surface area (Å²) in [5.74, 6) is 0.873. The largest absolute Gasteiger partial charge is 0.493 e. The van der Waals surface area contributed by atoms with Gasteiger partial charge in [-0.15, -0.1) is 0 Å². The number of nitrogen functional groups attached to an aromatic ring is 1. The molecule has 1 aliphatic rings. The average Bonchev–Trinajstić information content (AvgIpc) is 2.65. The molecule has 1 heterocycles. The van der Waals surface area contributed by atoms with Crippen molar-refractivity contribution in [2.45, 2.75) is 32.2 Å². The van der Waals surface area contributed by atoms with Gasteiger partial charge in [0.1, 0.15) is 5.75 Å². The fraction of sp³-hybridized carbons (Fsp3) is 0.647. The minimum absolute atomic E-state index is 0.685. The lowest BCUT2D eigenvalue weighted by molar-refractivity contribution is 0.169. The summed E-state index contributed by atoms with van der Waals surface area (Å²) in [5.41, 5.74) is 6.51. The van der Waals surface area contributed by atoms with Crippen LogP contribution < -0.4 is 10.5 Å². The summed E-state index contributed by atoms with van der Waals surface area (Å²) in [6.07, 6.45) is 3.55. The molecule has 1 aromatic carbocycles. The summed E-state index contributed by atoms with van der Waals surface area (Å²) in [7, 11) is 2.23. The lowest BCUT2D eigenvalue weighted by atomic mass is 10.2. The van der Waals surface area contributed by atoms with E-state index in [-0.39, 0.29) is 0 Å². The van der Waals surface area contributed by atoms with Crippen LogP contribution in [0.2, 0.25) is 0 Å². The Balaban J connectivity index is 1.74. The number of ether oxygens (including phenoxy) is 1. The monoisotopic (exact) mass is 291 g/mol. The summed E-state index contributed by atoms with van der Waals surface area (Å²) < 4.78 is 5.78. The van der Waals surface area contributed by atoms with Crippen LogP contribution in [0.15, 0.2) is 24.3 Å². The lowest BCUT2D eigenvalue weighted by Gasteiger charge is -2.30. The minimum atomic E-state index is 0.685. The van der Waals surface area contributed by atoms with Gasteiger partial charge in [-0.3, -0.25) is 4.90 Å². The molecule has 0 saturated carbocycles. The van der Waals surface area contributed by atoms with Gasteiger partial charge in [0.05, 0.1) is 6.61 Å². The Morgan fingerprint density at radius 1 is 1.33 bits per heavy atom. The number of hydrogen-bond donors (Lipinski definition) is 1. The molecule has 118 valence electrons. The van der Waals surface area contributed by atoms with E-state index in [1.165, 1.54) is 32.5 Å². The van der Waals surface area contributed by atoms with Crippen molar-refractivity contribution >= 4 is 5.69 Å². The van der Waals surface area contributed by atoms with Gasteiger partial charge in [-0.25, -0.2) is 0 Å². The first-order valence-corrected chi connectivity index (χ1v) is 8.10. The minimum Gasteiger partial charge on any atom is -0.493 e. The van der Waals surface area contributed by atoms with Gasteiger partial charge < -0.3 is 15.4 Å². The molecule has 4 nitrogen and oxygen atoms in total. The van der Waals surface area contributed by atoms with Crippen LogP contribution in [-0.2, 0) is 0 Å². The molecule has 1 aromatic rings. The summed E-state index contributed by atoms with van der Waals surface area (Å²) in [6.45, 7) is 7.78. The second-order valence-corrected chi connectivity index (χ2v) is 5.99. The number of likely N-dealkylation sites (N-methyl/N-ethyl adjacent to an activating group) is 1. The summed E-state index contributed by atoms with van der Waals surface area (Å²) >= 11 is 0. The van der Waals surface area contributed by atoms with E-state index in [0.29, 0.717) is 6.04 Å². The molecule has 0 radical (unpaired) electrons. The van der Waals surface area contributed by atoms with Gasteiger partial charge in [-0.1, -0.05) is 13.0 Å². The zero-order valence-electron chi connectivity index (χ0n) is 13.4. The Morgan fingerprint density at radius 3 is 2.95 bits per heavy atom. The fourth-order valence-electron chi connectivity index (χ4n) is 3.04. The van der Waals surface area contributed by atoms with E-state index in [4.69, 9.17) is 10.5 Å². The Labute approximate surface area is 128 Å². The molecule has 1 unspecified atom stereocenters. The van der Waals surface area contributed by atoms with Crippen molar-refractivity contribution in [3.8, 4) is 5.75 Å². The van der Waals surface area contributed by atoms with E-state index in [0.717, 1.165) is 31.0 Å². The second-order valence-electron chi connectivity index (χ2n) is 5.99. The van der Waals surface area contributed by atoms with Crippen LogP contribution in [0.25, 0.3) is 0 Å². The molecule has 4 heteroatoms. The highest BCUT2D eigenvalue weighted by atomic mass is 16.5. The molecule has 0 amide bonds. The molecule has 1 saturated heterocycles. The maximum absolute atomic E-state index is 5.78. The van der Waals surface area contributed by atoms with Gasteiger partial charge >= 0.3 is 0 Å². The summed E-state index contributed by atoms with van der Waals surface area (Å²) in [6, 6.07) is 8.35.